The zero-order valence-corrected chi connectivity index (χ0v) is 12.7. The Bertz CT molecular complexity index is 749. The van der Waals surface area contributed by atoms with Gasteiger partial charge in [0.2, 0.25) is 5.95 Å². The van der Waals surface area contributed by atoms with Gasteiger partial charge in [-0.3, -0.25) is 4.79 Å². The summed E-state index contributed by atoms with van der Waals surface area (Å²) in [7, 11) is 0. The van der Waals surface area contributed by atoms with Gasteiger partial charge in [-0.2, -0.15) is 4.98 Å². The Balaban J connectivity index is 1.71. The van der Waals surface area contributed by atoms with E-state index in [1.807, 2.05) is 4.90 Å². The number of carbonyl (C=O) groups is 1. The van der Waals surface area contributed by atoms with Crippen LogP contribution in [0.3, 0.4) is 0 Å². The molecule has 0 saturated carbocycles. The number of piperidine rings is 1. The molecule has 1 aliphatic heterocycles. The number of aliphatic carboxylic acids is 1. The molecule has 6 nitrogen and oxygen atoms in total. The molecule has 8 heteroatoms. The van der Waals surface area contributed by atoms with Crippen molar-refractivity contribution in [1.29, 1.82) is 0 Å². The Kier molecular flexibility index (Phi) is 4.54. The maximum absolute atomic E-state index is 13.7. The van der Waals surface area contributed by atoms with Gasteiger partial charge in [-0.1, -0.05) is 0 Å². The van der Waals surface area contributed by atoms with Gasteiger partial charge in [0.25, 0.3) is 0 Å². The fraction of sp³-hybridized carbons (Fsp3) is 0.312. The average Bonchev–Trinajstić information content (AvgIpc) is 2.58. The molecular weight excluding hydrogens is 318 g/mol. The van der Waals surface area contributed by atoms with Crippen molar-refractivity contribution < 1.29 is 18.7 Å². The lowest BCUT2D eigenvalue weighted by Gasteiger charge is -2.31. The van der Waals surface area contributed by atoms with E-state index in [4.69, 9.17) is 5.11 Å². The number of hydrogen-bond acceptors (Lipinski definition) is 5. The van der Waals surface area contributed by atoms with Crippen LogP contribution >= 0.6 is 0 Å². The van der Waals surface area contributed by atoms with E-state index in [1.165, 1.54) is 12.3 Å². The Hall–Kier alpha value is -2.77. The number of halogens is 2. The van der Waals surface area contributed by atoms with E-state index in [9.17, 15) is 13.6 Å². The second kappa shape index (κ2) is 6.77. The SMILES string of the molecule is O=C(O)C1CCN(c2ccnc(Nc3ccc(F)cc3F)n2)CC1. The lowest BCUT2D eigenvalue weighted by atomic mass is 9.97. The Labute approximate surface area is 137 Å². The van der Waals surface area contributed by atoms with Crippen LogP contribution in [0, 0.1) is 17.6 Å². The molecule has 0 amide bonds. The highest BCUT2D eigenvalue weighted by Crippen LogP contribution is 2.24. The van der Waals surface area contributed by atoms with Crippen LogP contribution in [0.15, 0.2) is 30.5 Å². The summed E-state index contributed by atoms with van der Waals surface area (Å²) in [5.41, 5.74) is 0.0816. The van der Waals surface area contributed by atoms with Crippen molar-refractivity contribution in [2.75, 3.05) is 23.3 Å². The molecule has 0 atom stereocenters. The van der Waals surface area contributed by atoms with Crippen molar-refractivity contribution in [2.45, 2.75) is 12.8 Å². The third-order valence-corrected chi connectivity index (χ3v) is 3.99. The van der Waals surface area contributed by atoms with Crippen LogP contribution < -0.4 is 10.2 Å². The maximum Gasteiger partial charge on any atom is 0.306 e. The molecule has 1 aliphatic rings. The third-order valence-electron chi connectivity index (χ3n) is 3.99. The quantitative estimate of drug-likeness (QED) is 0.895. The molecule has 0 bridgehead atoms. The van der Waals surface area contributed by atoms with E-state index in [0.29, 0.717) is 31.7 Å². The molecular formula is C16H16F2N4O2. The molecule has 1 fully saturated rings. The number of rotatable bonds is 4. The summed E-state index contributed by atoms with van der Waals surface area (Å²) >= 11 is 0. The Morgan fingerprint density at radius 3 is 2.67 bits per heavy atom. The van der Waals surface area contributed by atoms with Crippen LogP contribution in [-0.2, 0) is 4.79 Å². The highest BCUT2D eigenvalue weighted by molar-refractivity contribution is 5.70. The molecule has 0 aliphatic carbocycles. The standard InChI is InChI=1S/C16H16F2N4O2/c17-11-1-2-13(12(18)9-11)20-16-19-6-3-14(21-16)22-7-4-10(5-8-22)15(23)24/h1-3,6,9-10H,4-5,7-8H2,(H,23,24)(H,19,20,21). The molecule has 2 aromatic rings. The van der Waals surface area contributed by atoms with Crippen molar-refractivity contribution >= 4 is 23.4 Å². The fourth-order valence-electron chi connectivity index (χ4n) is 2.65. The number of carboxylic acid groups (broad SMARTS) is 1. The first-order valence-electron chi connectivity index (χ1n) is 7.56. The van der Waals surface area contributed by atoms with E-state index in [-0.39, 0.29) is 17.6 Å². The lowest BCUT2D eigenvalue weighted by Crippen LogP contribution is -2.36. The summed E-state index contributed by atoms with van der Waals surface area (Å²) in [5, 5.41) is 11.8. The molecule has 0 radical (unpaired) electrons. The lowest BCUT2D eigenvalue weighted by molar-refractivity contribution is -0.142. The van der Waals surface area contributed by atoms with Crippen LogP contribution in [0.2, 0.25) is 0 Å². The molecule has 1 saturated heterocycles. The first-order valence-corrected chi connectivity index (χ1v) is 7.56. The van der Waals surface area contributed by atoms with Crippen LogP contribution in [0.25, 0.3) is 0 Å². The van der Waals surface area contributed by atoms with Crippen LogP contribution in [-0.4, -0.2) is 34.1 Å². The minimum Gasteiger partial charge on any atom is -0.481 e. The molecule has 2 N–H and O–H groups in total. The van der Waals surface area contributed by atoms with Crippen molar-refractivity contribution in [3.05, 3.63) is 42.1 Å². The minimum absolute atomic E-state index is 0.0816. The summed E-state index contributed by atoms with van der Waals surface area (Å²) in [5.74, 6) is -1.65. The van der Waals surface area contributed by atoms with Gasteiger partial charge in [-0.05, 0) is 31.0 Å². The van der Waals surface area contributed by atoms with Gasteiger partial charge in [0.1, 0.15) is 17.5 Å². The van der Waals surface area contributed by atoms with Gasteiger partial charge in [0.05, 0.1) is 11.6 Å². The number of aromatic nitrogens is 2. The van der Waals surface area contributed by atoms with E-state index < -0.39 is 17.6 Å². The van der Waals surface area contributed by atoms with Crippen LogP contribution in [0.5, 0.6) is 0 Å². The van der Waals surface area contributed by atoms with Crippen LogP contribution in [0.4, 0.5) is 26.2 Å². The first kappa shape index (κ1) is 16.1. The smallest absolute Gasteiger partial charge is 0.306 e. The number of nitrogens with one attached hydrogen (secondary N) is 1. The predicted octanol–water partition coefficient (Wildman–Crippen LogP) is 2.80. The Morgan fingerprint density at radius 2 is 2.00 bits per heavy atom. The molecule has 24 heavy (non-hydrogen) atoms. The van der Waals surface area contributed by atoms with Gasteiger partial charge >= 0.3 is 5.97 Å². The van der Waals surface area contributed by atoms with Gasteiger partial charge < -0.3 is 15.3 Å². The van der Waals surface area contributed by atoms with Gasteiger partial charge in [-0.15, -0.1) is 0 Å². The number of carboxylic acids is 1. The van der Waals surface area contributed by atoms with E-state index in [2.05, 4.69) is 15.3 Å². The average molecular weight is 334 g/mol. The maximum atomic E-state index is 13.7. The first-order chi connectivity index (χ1) is 11.5. The van der Waals surface area contributed by atoms with Crippen molar-refractivity contribution in [3.8, 4) is 0 Å². The summed E-state index contributed by atoms with van der Waals surface area (Å²) in [6, 6.07) is 4.92. The van der Waals surface area contributed by atoms with Crippen molar-refractivity contribution in [2.24, 2.45) is 5.92 Å². The van der Waals surface area contributed by atoms with Crippen LogP contribution in [0.1, 0.15) is 12.8 Å². The van der Waals surface area contributed by atoms with E-state index >= 15 is 0 Å². The highest BCUT2D eigenvalue weighted by atomic mass is 19.1. The zero-order valence-electron chi connectivity index (χ0n) is 12.7. The zero-order chi connectivity index (χ0) is 17.1. The molecule has 2 heterocycles. The predicted molar refractivity (Wildman–Crippen MR) is 84.2 cm³/mol. The highest BCUT2D eigenvalue weighted by Gasteiger charge is 2.25. The topological polar surface area (TPSA) is 78.3 Å². The van der Waals surface area contributed by atoms with E-state index in [0.717, 1.165) is 12.1 Å². The Morgan fingerprint density at radius 1 is 1.25 bits per heavy atom. The number of hydrogen-bond donors (Lipinski definition) is 2. The second-order valence-electron chi connectivity index (χ2n) is 5.59. The molecule has 126 valence electrons. The molecule has 0 spiro atoms. The third kappa shape index (κ3) is 3.58. The second-order valence-corrected chi connectivity index (χ2v) is 5.59. The number of anilines is 3. The molecule has 3 rings (SSSR count). The summed E-state index contributed by atoms with van der Waals surface area (Å²) in [6.07, 6.45) is 2.64. The monoisotopic (exact) mass is 334 g/mol. The van der Waals surface area contributed by atoms with Gasteiger partial charge in [-0.25, -0.2) is 13.8 Å². The molecule has 1 aromatic carbocycles. The largest absolute Gasteiger partial charge is 0.481 e. The summed E-state index contributed by atoms with van der Waals surface area (Å²) < 4.78 is 26.6. The van der Waals surface area contributed by atoms with Gasteiger partial charge in [0.15, 0.2) is 0 Å². The fourth-order valence-corrected chi connectivity index (χ4v) is 2.65. The van der Waals surface area contributed by atoms with Crippen molar-refractivity contribution in [3.63, 3.8) is 0 Å². The summed E-state index contributed by atoms with van der Waals surface area (Å²) in [4.78, 5) is 21.3. The molecule has 1 aromatic heterocycles. The molecule has 0 unspecified atom stereocenters. The number of nitrogens with zero attached hydrogens (tertiary/aromatic N) is 3. The normalized spacial score (nSPS) is 15.3. The number of benzene rings is 1. The summed E-state index contributed by atoms with van der Waals surface area (Å²) in [6.45, 7) is 1.16. The minimum atomic E-state index is -0.772. The van der Waals surface area contributed by atoms with E-state index in [1.54, 1.807) is 6.07 Å². The van der Waals surface area contributed by atoms with Crippen molar-refractivity contribution in [1.82, 2.24) is 9.97 Å². The van der Waals surface area contributed by atoms with Gasteiger partial charge in [0, 0.05) is 25.4 Å².